The van der Waals surface area contributed by atoms with E-state index in [1.807, 2.05) is 41.8 Å². The van der Waals surface area contributed by atoms with E-state index in [-0.39, 0.29) is 0 Å². The van der Waals surface area contributed by atoms with Crippen LogP contribution in [0.15, 0.2) is 9.98 Å². The first kappa shape index (κ1) is 15.6. The molecule has 0 aromatic carbocycles. The van der Waals surface area contributed by atoms with Gasteiger partial charge in [0.15, 0.2) is 0 Å². The molecule has 0 amide bonds. The van der Waals surface area contributed by atoms with Gasteiger partial charge in [0.2, 0.25) is 0 Å². The van der Waals surface area contributed by atoms with Crippen molar-refractivity contribution in [3.05, 3.63) is 0 Å². The minimum absolute atomic E-state index is 0.919. The molecule has 0 radical (unpaired) electrons. The van der Waals surface area contributed by atoms with E-state index in [2.05, 4.69) is 21.8 Å². The highest BCUT2D eigenvalue weighted by Crippen LogP contribution is 1.82. The fourth-order valence-electron chi connectivity index (χ4n) is 0.716. The van der Waals surface area contributed by atoms with Crippen molar-refractivity contribution in [3.63, 3.8) is 0 Å². The van der Waals surface area contributed by atoms with E-state index in [1.54, 1.807) is 0 Å². The van der Waals surface area contributed by atoms with Crippen molar-refractivity contribution in [2.24, 2.45) is 9.98 Å². The third-order valence-electron chi connectivity index (χ3n) is 1.82. The van der Waals surface area contributed by atoms with Gasteiger partial charge in [0, 0.05) is 32.9 Å². The fourth-order valence-corrected chi connectivity index (χ4v) is 0.716. The van der Waals surface area contributed by atoms with Crippen LogP contribution >= 0.6 is 0 Å². The molecule has 84 valence electrons. The third kappa shape index (κ3) is 11.1. The molecule has 0 saturated heterocycles. The maximum atomic E-state index is 4.04. The van der Waals surface area contributed by atoms with Gasteiger partial charge in [-0.25, -0.2) is 0 Å². The van der Waals surface area contributed by atoms with Crippen LogP contribution in [-0.4, -0.2) is 43.6 Å². The lowest BCUT2D eigenvalue weighted by atomic mass is 10.5. The third-order valence-corrected chi connectivity index (χ3v) is 1.82. The van der Waals surface area contributed by atoms with Crippen molar-refractivity contribution in [3.8, 4) is 0 Å². The van der Waals surface area contributed by atoms with Crippen molar-refractivity contribution in [1.29, 1.82) is 0 Å². The van der Waals surface area contributed by atoms with Gasteiger partial charge in [0.25, 0.3) is 0 Å². The van der Waals surface area contributed by atoms with Crippen LogP contribution in [-0.2, 0) is 0 Å². The van der Waals surface area contributed by atoms with Crippen LogP contribution in [0.4, 0.5) is 0 Å². The molecule has 0 spiro atoms. The molecule has 0 aromatic rings. The van der Waals surface area contributed by atoms with Gasteiger partial charge >= 0.3 is 0 Å². The van der Waals surface area contributed by atoms with Gasteiger partial charge in [-0.2, -0.15) is 0 Å². The molecule has 0 heterocycles. The fraction of sp³-hybridized carbons (Fsp3) is 0.818. The number of amidine groups is 1. The molecule has 3 heteroatoms. The van der Waals surface area contributed by atoms with Gasteiger partial charge in [-0.15, -0.1) is 0 Å². The largest absolute Gasteiger partial charge is 0.364 e. The van der Waals surface area contributed by atoms with Crippen LogP contribution in [0.3, 0.4) is 0 Å². The predicted octanol–water partition coefficient (Wildman–Crippen LogP) is 2.47. The Hall–Kier alpha value is -0.860. The summed E-state index contributed by atoms with van der Waals surface area (Å²) in [5.74, 6) is 1.09. The average Bonchev–Trinajstić information content (AvgIpc) is 2.16. The molecule has 0 bridgehead atoms. The lowest BCUT2D eigenvalue weighted by molar-refractivity contribution is 0.531. The molecule has 14 heavy (non-hydrogen) atoms. The molecule has 0 saturated carbocycles. The number of hydrogen-bond donors (Lipinski definition) is 0. The van der Waals surface area contributed by atoms with Crippen LogP contribution in [0.2, 0.25) is 0 Å². The van der Waals surface area contributed by atoms with E-state index >= 15 is 0 Å². The van der Waals surface area contributed by atoms with Gasteiger partial charge < -0.3 is 4.90 Å². The lowest BCUT2D eigenvalue weighted by Gasteiger charge is -2.14. The van der Waals surface area contributed by atoms with Crippen molar-refractivity contribution >= 4 is 11.5 Å². The number of rotatable bonds is 2. The zero-order chi connectivity index (χ0) is 11.6. The van der Waals surface area contributed by atoms with E-state index in [0.717, 1.165) is 24.6 Å². The summed E-state index contributed by atoms with van der Waals surface area (Å²) < 4.78 is 0. The van der Waals surface area contributed by atoms with Crippen molar-refractivity contribution in [2.75, 3.05) is 27.2 Å². The highest BCUT2D eigenvalue weighted by molar-refractivity contribution is 5.79. The molecule has 0 aliphatic carbocycles. The van der Waals surface area contributed by atoms with E-state index < -0.39 is 0 Å². The van der Waals surface area contributed by atoms with Gasteiger partial charge in [-0.1, -0.05) is 0 Å². The number of hydrogen-bond acceptors (Lipinski definition) is 2. The Morgan fingerprint density at radius 2 is 1.64 bits per heavy atom. The molecule has 0 unspecified atom stereocenters. The van der Waals surface area contributed by atoms with Crippen LogP contribution < -0.4 is 0 Å². The van der Waals surface area contributed by atoms with Crippen LogP contribution in [0.5, 0.6) is 0 Å². The molecule has 0 aliphatic rings. The quantitative estimate of drug-likeness (QED) is 0.496. The molecular formula is C11H25N3. The Morgan fingerprint density at radius 1 is 1.14 bits per heavy atom. The van der Waals surface area contributed by atoms with Crippen LogP contribution in [0.1, 0.15) is 34.6 Å². The normalized spacial score (nSPS) is 10.1. The second-order valence-electron chi connectivity index (χ2n) is 3.21. The molecule has 3 nitrogen and oxygen atoms in total. The molecule has 0 aliphatic heterocycles. The maximum absolute atomic E-state index is 4.04. The van der Waals surface area contributed by atoms with Gasteiger partial charge in [0.1, 0.15) is 0 Å². The molecule has 0 fully saturated rings. The second kappa shape index (κ2) is 10.2. The molecule has 0 aromatic heterocycles. The zero-order valence-electron chi connectivity index (χ0n) is 10.8. The van der Waals surface area contributed by atoms with Gasteiger partial charge in [-0.3, -0.25) is 9.98 Å². The van der Waals surface area contributed by atoms with E-state index in [0.29, 0.717) is 0 Å². The Kier molecular flexibility index (Phi) is 11.4. The summed E-state index contributed by atoms with van der Waals surface area (Å²) in [5.41, 5.74) is 1.16. The molecule has 0 rings (SSSR count). The first-order chi connectivity index (χ1) is 6.49. The Bertz CT molecular complexity index is 179. The summed E-state index contributed by atoms with van der Waals surface area (Å²) in [7, 11) is 3.84. The van der Waals surface area contributed by atoms with Crippen LogP contribution in [0.25, 0.3) is 0 Å². The molecule has 0 atom stereocenters. The predicted molar refractivity (Wildman–Crippen MR) is 66.7 cm³/mol. The number of aliphatic imine (C=N–C) groups is 2. The Morgan fingerprint density at radius 3 is 1.71 bits per heavy atom. The minimum atomic E-state index is 0.919. The van der Waals surface area contributed by atoms with Crippen molar-refractivity contribution in [2.45, 2.75) is 34.6 Å². The number of nitrogens with zero attached hydrogens (tertiary/aromatic N) is 3. The van der Waals surface area contributed by atoms with Gasteiger partial charge in [0.05, 0.1) is 5.84 Å². The summed E-state index contributed by atoms with van der Waals surface area (Å²) >= 11 is 0. The van der Waals surface area contributed by atoms with E-state index in [4.69, 9.17) is 0 Å². The zero-order valence-corrected chi connectivity index (χ0v) is 10.8. The average molecular weight is 199 g/mol. The summed E-state index contributed by atoms with van der Waals surface area (Å²) in [6.07, 6.45) is 0. The SMILES string of the molecule is CCN(C)C(C)=NC.CCN=C(C)C. The molecular weight excluding hydrogens is 174 g/mol. The summed E-state index contributed by atoms with van der Waals surface area (Å²) in [6.45, 7) is 12.1. The summed E-state index contributed by atoms with van der Waals surface area (Å²) in [6, 6.07) is 0. The summed E-state index contributed by atoms with van der Waals surface area (Å²) in [5, 5.41) is 0. The van der Waals surface area contributed by atoms with Crippen LogP contribution in [0, 0.1) is 0 Å². The van der Waals surface area contributed by atoms with E-state index in [1.165, 1.54) is 0 Å². The highest BCUT2D eigenvalue weighted by atomic mass is 15.1. The summed E-state index contributed by atoms with van der Waals surface area (Å²) in [4.78, 5) is 10.1. The van der Waals surface area contributed by atoms with E-state index in [9.17, 15) is 0 Å². The Balaban J connectivity index is 0. The smallest absolute Gasteiger partial charge is 0.0951 e. The highest BCUT2D eigenvalue weighted by Gasteiger charge is 1.91. The topological polar surface area (TPSA) is 28.0 Å². The first-order valence-corrected chi connectivity index (χ1v) is 5.11. The first-order valence-electron chi connectivity index (χ1n) is 5.11. The van der Waals surface area contributed by atoms with Crippen molar-refractivity contribution in [1.82, 2.24) is 4.90 Å². The maximum Gasteiger partial charge on any atom is 0.0951 e. The van der Waals surface area contributed by atoms with Gasteiger partial charge in [-0.05, 0) is 34.6 Å². The minimum Gasteiger partial charge on any atom is -0.364 e. The lowest BCUT2D eigenvalue weighted by Crippen LogP contribution is -2.23. The second-order valence-corrected chi connectivity index (χ2v) is 3.21. The Labute approximate surface area is 88.9 Å². The molecule has 0 N–H and O–H groups in total. The standard InChI is InChI=1S/C6H14N2.C5H11N/c1-5-8(4)6(2)7-3;1-4-6-5(2)3/h5H2,1-4H3;4H2,1-3H3. The van der Waals surface area contributed by atoms with Crippen molar-refractivity contribution < 1.29 is 0 Å². The monoisotopic (exact) mass is 199 g/mol.